The molecule has 174 valence electrons. The maximum Gasteiger partial charge on any atom is 0.341 e. The van der Waals surface area contributed by atoms with E-state index < -0.39 is 11.9 Å². The number of halogens is 1. The highest BCUT2D eigenvalue weighted by Gasteiger charge is 2.26. The molecule has 0 unspecified atom stereocenters. The van der Waals surface area contributed by atoms with Crippen molar-refractivity contribution < 1.29 is 19.1 Å². The van der Waals surface area contributed by atoms with Crippen molar-refractivity contribution in [3.8, 4) is 22.9 Å². The fraction of sp³-hybridized carbons (Fsp3) is 0.192. The SMILES string of the molecule is CCOC(=O)c1c(NC(=O)C(C#N)=Cc2ccc(OCC)cc2)sc(C)c1-c1ccc(Cl)cc1. The number of anilines is 1. The molecule has 0 fully saturated rings. The predicted octanol–water partition coefficient (Wildman–Crippen LogP) is 6.50. The van der Waals surface area contributed by atoms with Crippen LogP contribution in [0.15, 0.2) is 54.1 Å². The van der Waals surface area contributed by atoms with E-state index in [1.54, 1.807) is 55.5 Å². The van der Waals surface area contributed by atoms with Gasteiger partial charge in [-0.1, -0.05) is 35.9 Å². The fourth-order valence-electron chi connectivity index (χ4n) is 3.31. The van der Waals surface area contributed by atoms with E-state index in [1.165, 1.54) is 17.4 Å². The van der Waals surface area contributed by atoms with Crippen LogP contribution in [0.2, 0.25) is 5.02 Å². The monoisotopic (exact) mass is 494 g/mol. The molecule has 0 saturated carbocycles. The molecule has 8 heteroatoms. The highest BCUT2D eigenvalue weighted by molar-refractivity contribution is 7.17. The average molecular weight is 495 g/mol. The zero-order valence-electron chi connectivity index (χ0n) is 19.0. The van der Waals surface area contributed by atoms with Gasteiger partial charge < -0.3 is 14.8 Å². The number of hydrogen-bond donors (Lipinski definition) is 1. The van der Waals surface area contributed by atoms with Gasteiger partial charge in [-0.2, -0.15) is 5.26 Å². The molecule has 3 rings (SSSR count). The normalized spacial score (nSPS) is 11.0. The third-order valence-corrected chi connectivity index (χ3v) is 6.06. The molecule has 0 aliphatic heterocycles. The molecule has 0 bridgehead atoms. The number of amides is 1. The molecule has 0 spiro atoms. The van der Waals surface area contributed by atoms with E-state index in [4.69, 9.17) is 21.1 Å². The Morgan fingerprint density at radius 2 is 1.76 bits per heavy atom. The number of benzene rings is 2. The van der Waals surface area contributed by atoms with Gasteiger partial charge in [-0.25, -0.2) is 4.79 Å². The average Bonchev–Trinajstić information content (AvgIpc) is 3.14. The molecule has 0 saturated heterocycles. The summed E-state index contributed by atoms with van der Waals surface area (Å²) < 4.78 is 10.7. The van der Waals surface area contributed by atoms with Crippen molar-refractivity contribution in [3.63, 3.8) is 0 Å². The van der Waals surface area contributed by atoms with Gasteiger partial charge in [0, 0.05) is 15.5 Å². The first-order valence-electron chi connectivity index (χ1n) is 10.6. The summed E-state index contributed by atoms with van der Waals surface area (Å²) in [5.74, 6) is -0.475. The number of nitrogens with zero attached hydrogens (tertiary/aromatic N) is 1. The molecule has 0 radical (unpaired) electrons. The second-order valence-electron chi connectivity index (χ2n) is 7.09. The zero-order chi connectivity index (χ0) is 24.7. The van der Waals surface area contributed by atoms with Crippen LogP contribution in [0.3, 0.4) is 0 Å². The lowest BCUT2D eigenvalue weighted by molar-refractivity contribution is -0.112. The van der Waals surface area contributed by atoms with Crippen molar-refractivity contribution in [1.29, 1.82) is 5.26 Å². The molecular formula is C26H23ClN2O4S. The summed E-state index contributed by atoms with van der Waals surface area (Å²) in [7, 11) is 0. The number of rotatable bonds is 8. The second-order valence-corrected chi connectivity index (χ2v) is 8.75. The Kier molecular flexibility index (Phi) is 8.47. The summed E-state index contributed by atoms with van der Waals surface area (Å²) in [6.45, 7) is 6.18. The minimum Gasteiger partial charge on any atom is -0.494 e. The highest BCUT2D eigenvalue weighted by atomic mass is 35.5. The third kappa shape index (κ3) is 5.84. The van der Waals surface area contributed by atoms with Crippen LogP contribution in [0.25, 0.3) is 17.2 Å². The van der Waals surface area contributed by atoms with Crippen LogP contribution in [0.4, 0.5) is 5.00 Å². The van der Waals surface area contributed by atoms with Gasteiger partial charge in [0.15, 0.2) is 0 Å². The number of carbonyl (C=O) groups excluding carboxylic acids is 2. The van der Waals surface area contributed by atoms with Crippen molar-refractivity contribution in [3.05, 3.63) is 75.1 Å². The zero-order valence-corrected chi connectivity index (χ0v) is 20.5. The lowest BCUT2D eigenvalue weighted by Crippen LogP contribution is -2.16. The number of carbonyl (C=O) groups is 2. The molecule has 6 nitrogen and oxygen atoms in total. The molecule has 1 amide bonds. The molecule has 34 heavy (non-hydrogen) atoms. The first-order chi connectivity index (χ1) is 16.4. The van der Waals surface area contributed by atoms with Gasteiger partial charge >= 0.3 is 5.97 Å². The topological polar surface area (TPSA) is 88.4 Å². The standard InChI is InChI=1S/C26H23ClN2O4S/c1-4-32-21-12-6-17(7-13-21)14-19(15-28)24(30)29-25-23(26(31)33-5-2)22(16(3)34-25)18-8-10-20(27)11-9-18/h6-14H,4-5H2,1-3H3,(H,29,30). The van der Waals surface area contributed by atoms with Crippen LogP contribution in [-0.2, 0) is 9.53 Å². The van der Waals surface area contributed by atoms with Gasteiger partial charge in [0.1, 0.15) is 28.0 Å². The third-order valence-electron chi connectivity index (χ3n) is 4.79. The van der Waals surface area contributed by atoms with E-state index in [0.717, 1.165) is 10.4 Å². The van der Waals surface area contributed by atoms with Crippen molar-refractivity contribution in [2.45, 2.75) is 20.8 Å². The minimum absolute atomic E-state index is 0.0990. The first-order valence-corrected chi connectivity index (χ1v) is 11.8. The van der Waals surface area contributed by atoms with Crippen LogP contribution in [0.5, 0.6) is 5.75 Å². The number of aryl methyl sites for hydroxylation is 1. The van der Waals surface area contributed by atoms with Crippen molar-refractivity contribution >= 4 is 45.9 Å². The molecule has 0 atom stereocenters. The fourth-order valence-corrected chi connectivity index (χ4v) is 4.49. The second kappa shape index (κ2) is 11.5. The van der Waals surface area contributed by atoms with Crippen LogP contribution in [-0.4, -0.2) is 25.1 Å². The first kappa shape index (κ1) is 25.0. The van der Waals surface area contributed by atoms with Crippen molar-refractivity contribution in [2.24, 2.45) is 0 Å². The van der Waals surface area contributed by atoms with Crippen LogP contribution in [0.1, 0.15) is 34.6 Å². The number of thiophene rings is 1. The molecule has 2 aromatic carbocycles. The molecule has 0 aliphatic carbocycles. The smallest absolute Gasteiger partial charge is 0.341 e. The molecule has 1 N–H and O–H groups in total. The highest BCUT2D eigenvalue weighted by Crippen LogP contribution is 2.41. The Morgan fingerprint density at radius 3 is 2.35 bits per heavy atom. The summed E-state index contributed by atoms with van der Waals surface area (Å²) in [5.41, 5.74) is 2.25. The predicted molar refractivity (Wildman–Crippen MR) is 135 cm³/mol. The number of esters is 1. The van der Waals surface area contributed by atoms with E-state index in [-0.39, 0.29) is 17.7 Å². The minimum atomic E-state index is -0.620. The number of ether oxygens (including phenoxy) is 2. The van der Waals surface area contributed by atoms with E-state index in [2.05, 4.69) is 5.32 Å². The van der Waals surface area contributed by atoms with E-state index in [0.29, 0.717) is 33.5 Å². The van der Waals surface area contributed by atoms with Gasteiger partial charge in [0.2, 0.25) is 0 Å². The van der Waals surface area contributed by atoms with Crippen LogP contribution in [0, 0.1) is 18.3 Å². The lowest BCUT2D eigenvalue weighted by atomic mass is 10.0. The summed E-state index contributed by atoms with van der Waals surface area (Å²) in [6, 6.07) is 16.1. The summed E-state index contributed by atoms with van der Waals surface area (Å²) in [4.78, 5) is 26.6. The summed E-state index contributed by atoms with van der Waals surface area (Å²) in [5, 5.41) is 13.2. The van der Waals surface area contributed by atoms with Gasteiger partial charge in [0.05, 0.1) is 13.2 Å². The largest absolute Gasteiger partial charge is 0.494 e. The lowest BCUT2D eigenvalue weighted by Gasteiger charge is -2.09. The van der Waals surface area contributed by atoms with E-state index in [9.17, 15) is 14.9 Å². The van der Waals surface area contributed by atoms with E-state index in [1.807, 2.05) is 19.9 Å². The molecule has 0 aliphatic rings. The number of hydrogen-bond acceptors (Lipinski definition) is 6. The van der Waals surface area contributed by atoms with Gasteiger partial charge in [-0.15, -0.1) is 11.3 Å². The van der Waals surface area contributed by atoms with Crippen molar-refractivity contribution in [1.82, 2.24) is 0 Å². The number of nitriles is 1. The maximum absolute atomic E-state index is 13.0. The molecule has 3 aromatic rings. The Morgan fingerprint density at radius 1 is 1.09 bits per heavy atom. The molecular weight excluding hydrogens is 472 g/mol. The summed E-state index contributed by atoms with van der Waals surface area (Å²) >= 11 is 7.26. The Balaban J connectivity index is 1.96. The quantitative estimate of drug-likeness (QED) is 0.219. The van der Waals surface area contributed by atoms with Gasteiger partial charge in [-0.3, -0.25) is 4.79 Å². The number of nitrogens with one attached hydrogen (secondary N) is 1. The Bertz CT molecular complexity index is 1260. The van der Waals surface area contributed by atoms with Crippen molar-refractivity contribution in [2.75, 3.05) is 18.5 Å². The van der Waals surface area contributed by atoms with E-state index >= 15 is 0 Å². The van der Waals surface area contributed by atoms with Gasteiger partial charge in [-0.05, 0) is 62.2 Å². The van der Waals surface area contributed by atoms with Crippen LogP contribution >= 0.6 is 22.9 Å². The Hall–Kier alpha value is -3.60. The van der Waals surface area contributed by atoms with Crippen LogP contribution < -0.4 is 10.1 Å². The maximum atomic E-state index is 13.0. The summed E-state index contributed by atoms with van der Waals surface area (Å²) in [6.07, 6.45) is 1.48. The Labute approximate surface area is 207 Å². The van der Waals surface area contributed by atoms with Gasteiger partial charge in [0.25, 0.3) is 5.91 Å². The molecule has 1 heterocycles. The molecule has 1 aromatic heterocycles.